The van der Waals surface area contributed by atoms with Gasteiger partial charge in [0, 0.05) is 6.04 Å². The van der Waals surface area contributed by atoms with E-state index < -0.39 is 12.0 Å². The van der Waals surface area contributed by atoms with Crippen LogP contribution in [-0.4, -0.2) is 28.1 Å². The summed E-state index contributed by atoms with van der Waals surface area (Å²) < 4.78 is 0. The number of benzene rings is 1. The van der Waals surface area contributed by atoms with Crippen LogP contribution in [0.5, 0.6) is 0 Å². The number of rotatable bonds is 4. The van der Waals surface area contributed by atoms with Gasteiger partial charge in [0.1, 0.15) is 6.04 Å². The molecule has 0 amide bonds. The van der Waals surface area contributed by atoms with Gasteiger partial charge < -0.3 is 5.11 Å². The lowest BCUT2D eigenvalue weighted by Gasteiger charge is -2.32. The summed E-state index contributed by atoms with van der Waals surface area (Å²) in [7, 11) is 0. The van der Waals surface area contributed by atoms with E-state index in [0.717, 1.165) is 12.8 Å². The molecule has 106 valence electrons. The third-order valence-corrected chi connectivity index (χ3v) is 4.20. The Labute approximate surface area is 119 Å². The molecule has 4 nitrogen and oxygen atoms in total. The minimum atomic E-state index is -0.897. The van der Waals surface area contributed by atoms with E-state index >= 15 is 0 Å². The third-order valence-electron chi connectivity index (χ3n) is 4.20. The molecule has 2 unspecified atom stereocenters. The largest absolute Gasteiger partial charge is 0.480 e. The smallest absolute Gasteiger partial charge is 0.327 e. The van der Waals surface area contributed by atoms with Gasteiger partial charge in [-0.3, -0.25) is 4.90 Å². The van der Waals surface area contributed by atoms with E-state index in [4.69, 9.17) is 5.11 Å². The first kappa shape index (κ1) is 14.4. The van der Waals surface area contributed by atoms with Crippen molar-refractivity contribution in [1.29, 1.82) is 5.26 Å². The van der Waals surface area contributed by atoms with Gasteiger partial charge in [0.05, 0.1) is 0 Å². The highest BCUT2D eigenvalue weighted by Gasteiger charge is 2.40. The van der Waals surface area contributed by atoms with Gasteiger partial charge in [0.15, 0.2) is 6.19 Å². The molecule has 1 heterocycles. The molecule has 1 aliphatic heterocycles. The Morgan fingerprint density at radius 3 is 2.60 bits per heavy atom. The van der Waals surface area contributed by atoms with Crippen LogP contribution in [0.15, 0.2) is 30.3 Å². The van der Waals surface area contributed by atoms with Gasteiger partial charge in [-0.15, -0.1) is 0 Å². The minimum Gasteiger partial charge on any atom is -0.480 e. The number of hydrogen-bond donors (Lipinski definition) is 1. The van der Waals surface area contributed by atoms with Gasteiger partial charge in [-0.2, -0.15) is 5.26 Å². The molecule has 1 aliphatic rings. The Morgan fingerprint density at radius 1 is 1.40 bits per heavy atom. The fourth-order valence-corrected chi connectivity index (χ4v) is 3.07. The van der Waals surface area contributed by atoms with Crippen LogP contribution in [0.1, 0.15) is 38.7 Å². The lowest BCUT2D eigenvalue weighted by molar-refractivity contribution is -0.141. The van der Waals surface area contributed by atoms with Crippen molar-refractivity contribution in [3.05, 3.63) is 35.9 Å². The summed E-state index contributed by atoms with van der Waals surface area (Å²) in [5.41, 5.74) is 1.14. The summed E-state index contributed by atoms with van der Waals surface area (Å²) in [5.74, 6) is -0.897. The maximum atomic E-state index is 11.2. The molecule has 1 saturated heterocycles. The maximum absolute atomic E-state index is 11.2. The van der Waals surface area contributed by atoms with Gasteiger partial charge in [-0.1, -0.05) is 44.2 Å². The molecule has 0 bridgehead atoms. The van der Waals surface area contributed by atoms with Gasteiger partial charge in [0.2, 0.25) is 0 Å². The molecule has 0 radical (unpaired) electrons. The molecule has 0 saturated carbocycles. The molecule has 0 spiro atoms. The zero-order chi connectivity index (χ0) is 14.8. The SMILES string of the molecule is CC(C)(CC1CCC(C(=O)O)N1C#N)c1ccccc1. The fourth-order valence-electron chi connectivity index (χ4n) is 3.07. The zero-order valence-corrected chi connectivity index (χ0v) is 11.9. The molecule has 4 heteroatoms. The predicted molar refractivity (Wildman–Crippen MR) is 76.0 cm³/mol. The molecular weight excluding hydrogens is 252 g/mol. The lowest BCUT2D eigenvalue weighted by Crippen LogP contribution is -2.39. The van der Waals surface area contributed by atoms with Gasteiger partial charge >= 0.3 is 5.97 Å². The topological polar surface area (TPSA) is 64.3 Å². The fraction of sp³-hybridized carbons (Fsp3) is 0.500. The highest BCUT2D eigenvalue weighted by Crippen LogP contribution is 2.35. The number of hydrogen-bond acceptors (Lipinski definition) is 3. The predicted octanol–water partition coefficient (Wildman–Crippen LogP) is 2.75. The average molecular weight is 272 g/mol. The van der Waals surface area contributed by atoms with Crippen LogP contribution in [0.25, 0.3) is 0 Å². The van der Waals surface area contributed by atoms with Crippen molar-refractivity contribution in [2.75, 3.05) is 0 Å². The van der Waals surface area contributed by atoms with Crippen molar-refractivity contribution in [2.24, 2.45) is 0 Å². The maximum Gasteiger partial charge on any atom is 0.327 e. The number of likely N-dealkylation sites (tertiary alicyclic amines) is 1. The molecule has 0 aliphatic carbocycles. The Kier molecular flexibility index (Phi) is 3.99. The Hall–Kier alpha value is -2.02. The first-order valence-corrected chi connectivity index (χ1v) is 6.92. The quantitative estimate of drug-likeness (QED) is 0.856. The van der Waals surface area contributed by atoms with Crippen molar-refractivity contribution < 1.29 is 9.90 Å². The molecule has 1 fully saturated rings. The van der Waals surface area contributed by atoms with Crippen molar-refractivity contribution >= 4 is 5.97 Å². The second kappa shape index (κ2) is 5.54. The summed E-state index contributed by atoms with van der Waals surface area (Å²) >= 11 is 0. The lowest BCUT2D eigenvalue weighted by atomic mass is 9.78. The molecular formula is C16H20N2O2. The van der Waals surface area contributed by atoms with Gasteiger partial charge in [0.25, 0.3) is 0 Å². The third kappa shape index (κ3) is 2.77. The van der Waals surface area contributed by atoms with Crippen LogP contribution < -0.4 is 0 Å². The van der Waals surface area contributed by atoms with Gasteiger partial charge in [-0.25, -0.2) is 4.79 Å². The zero-order valence-electron chi connectivity index (χ0n) is 11.9. The van der Waals surface area contributed by atoms with Crippen LogP contribution in [0.3, 0.4) is 0 Å². The van der Waals surface area contributed by atoms with E-state index in [9.17, 15) is 10.1 Å². The average Bonchev–Trinajstić information content (AvgIpc) is 2.82. The number of nitriles is 1. The Balaban J connectivity index is 2.14. The Morgan fingerprint density at radius 2 is 2.05 bits per heavy atom. The number of carboxylic acid groups (broad SMARTS) is 1. The van der Waals surface area contributed by atoms with E-state index in [1.165, 1.54) is 10.5 Å². The van der Waals surface area contributed by atoms with Crippen molar-refractivity contribution in [3.63, 3.8) is 0 Å². The van der Waals surface area contributed by atoms with E-state index in [1.54, 1.807) is 0 Å². The highest BCUT2D eigenvalue weighted by atomic mass is 16.4. The van der Waals surface area contributed by atoms with Crippen LogP contribution in [0, 0.1) is 11.5 Å². The van der Waals surface area contributed by atoms with Crippen LogP contribution in [-0.2, 0) is 10.2 Å². The van der Waals surface area contributed by atoms with E-state index in [0.29, 0.717) is 6.42 Å². The summed E-state index contributed by atoms with van der Waals surface area (Å²) in [6.45, 7) is 4.29. The summed E-state index contributed by atoms with van der Waals surface area (Å²) in [5, 5.41) is 18.4. The van der Waals surface area contributed by atoms with Crippen LogP contribution >= 0.6 is 0 Å². The molecule has 0 aromatic heterocycles. The van der Waals surface area contributed by atoms with E-state index in [1.807, 2.05) is 18.2 Å². The van der Waals surface area contributed by atoms with Crippen molar-refractivity contribution in [2.45, 2.75) is 50.6 Å². The second-order valence-corrected chi connectivity index (χ2v) is 6.05. The number of carboxylic acids is 1. The first-order chi connectivity index (χ1) is 9.45. The summed E-state index contributed by atoms with van der Waals surface area (Å²) in [6.07, 6.45) is 4.18. The second-order valence-electron chi connectivity index (χ2n) is 6.05. The normalized spacial score (nSPS) is 22.6. The van der Waals surface area contributed by atoms with E-state index in [-0.39, 0.29) is 11.5 Å². The van der Waals surface area contributed by atoms with E-state index in [2.05, 4.69) is 32.2 Å². The number of nitrogens with zero attached hydrogens (tertiary/aromatic N) is 2. The molecule has 2 rings (SSSR count). The minimum absolute atomic E-state index is 0.0105. The van der Waals surface area contributed by atoms with Crippen molar-refractivity contribution in [3.8, 4) is 6.19 Å². The standard InChI is InChI=1S/C16H20N2O2/c1-16(2,12-6-4-3-5-7-12)10-13-8-9-14(15(19)20)18(13)11-17/h3-7,13-14H,8-10H2,1-2H3,(H,19,20). The summed E-state index contributed by atoms with van der Waals surface area (Å²) in [6, 6.07) is 9.52. The number of carbonyl (C=O) groups is 1. The molecule has 1 aromatic rings. The molecule has 20 heavy (non-hydrogen) atoms. The highest BCUT2D eigenvalue weighted by molar-refractivity contribution is 5.74. The molecule has 1 aromatic carbocycles. The number of aliphatic carboxylic acids is 1. The van der Waals surface area contributed by atoms with Gasteiger partial charge in [-0.05, 0) is 30.2 Å². The first-order valence-electron chi connectivity index (χ1n) is 6.92. The van der Waals surface area contributed by atoms with Crippen LogP contribution in [0.4, 0.5) is 0 Å². The molecule has 1 N–H and O–H groups in total. The van der Waals surface area contributed by atoms with Crippen molar-refractivity contribution in [1.82, 2.24) is 4.90 Å². The monoisotopic (exact) mass is 272 g/mol. The Bertz CT molecular complexity index is 519. The van der Waals surface area contributed by atoms with Crippen LogP contribution in [0.2, 0.25) is 0 Å². The molecule has 2 atom stereocenters. The summed E-state index contributed by atoms with van der Waals surface area (Å²) in [4.78, 5) is 12.6.